The smallest absolute Gasteiger partial charge is 0.200 e. The summed E-state index contributed by atoms with van der Waals surface area (Å²) in [5.41, 5.74) is 0.959. The minimum atomic E-state index is -3.52. The van der Waals surface area contributed by atoms with Crippen LogP contribution in [0.15, 0.2) is 40.3 Å². The van der Waals surface area contributed by atoms with Gasteiger partial charge in [0.15, 0.2) is 0 Å². The highest BCUT2D eigenvalue weighted by Crippen LogP contribution is 2.21. The van der Waals surface area contributed by atoms with Gasteiger partial charge in [0.25, 0.3) is 10.0 Å². The Kier molecular flexibility index (Phi) is 4.01. The molecular weight excluding hydrogens is 248 g/mol. The number of hydrazone groups is 1. The molecule has 0 radical (unpaired) electrons. The number of hydrogen-bond acceptors (Lipinski definition) is 3. The molecule has 0 bridgehead atoms. The fraction of sp³-hybridized carbons (Fsp3) is 0.462. The van der Waals surface area contributed by atoms with Crippen LogP contribution >= 0.6 is 0 Å². The van der Waals surface area contributed by atoms with Crippen molar-refractivity contribution in [3.63, 3.8) is 0 Å². The van der Waals surface area contributed by atoms with E-state index in [1.165, 1.54) is 6.42 Å². The Labute approximate surface area is 108 Å². The van der Waals surface area contributed by atoms with Crippen molar-refractivity contribution in [2.75, 3.05) is 0 Å². The minimum absolute atomic E-state index is 0.248. The second-order valence-corrected chi connectivity index (χ2v) is 6.32. The number of hydrogen-bond donors (Lipinski definition) is 1. The van der Waals surface area contributed by atoms with Crippen molar-refractivity contribution < 1.29 is 8.42 Å². The molecule has 1 saturated carbocycles. The van der Waals surface area contributed by atoms with E-state index in [1.807, 2.05) is 0 Å². The predicted octanol–water partition coefficient (Wildman–Crippen LogP) is 2.53. The van der Waals surface area contributed by atoms with Crippen LogP contribution in [0.4, 0.5) is 0 Å². The standard InChI is InChI=1S/C13H18N2O2S/c1-11-7-5-6-10-13(11)14-15-18(16,17)12-8-3-2-4-9-12/h2-4,8-9,11,15H,5-7,10H2,1H3/b14-13+. The Morgan fingerprint density at radius 2 is 1.94 bits per heavy atom. The molecule has 1 atom stereocenters. The van der Waals surface area contributed by atoms with Crippen molar-refractivity contribution in [3.8, 4) is 0 Å². The number of sulfonamides is 1. The summed E-state index contributed by atoms with van der Waals surface area (Å²) in [6, 6.07) is 8.31. The summed E-state index contributed by atoms with van der Waals surface area (Å²) in [5.74, 6) is 0.372. The van der Waals surface area contributed by atoms with Gasteiger partial charge in [0.05, 0.1) is 4.90 Å². The molecule has 18 heavy (non-hydrogen) atoms. The van der Waals surface area contributed by atoms with Crippen LogP contribution in [-0.2, 0) is 10.0 Å². The molecule has 5 heteroatoms. The van der Waals surface area contributed by atoms with E-state index in [4.69, 9.17) is 0 Å². The number of rotatable bonds is 3. The zero-order chi connectivity index (χ0) is 13.0. The highest BCUT2D eigenvalue weighted by molar-refractivity contribution is 7.89. The summed E-state index contributed by atoms with van der Waals surface area (Å²) in [5, 5.41) is 4.09. The Morgan fingerprint density at radius 1 is 1.22 bits per heavy atom. The van der Waals surface area contributed by atoms with Crippen LogP contribution < -0.4 is 4.83 Å². The lowest BCUT2D eigenvalue weighted by molar-refractivity contribution is 0.552. The summed E-state index contributed by atoms with van der Waals surface area (Å²) in [4.78, 5) is 2.58. The van der Waals surface area contributed by atoms with Crippen molar-refractivity contribution in [1.82, 2.24) is 4.83 Å². The van der Waals surface area contributed by atoms with E-state index < -0.39 is 10.0 Å². The molecular formula is C13H18N2O2S. The number of nitrogens with one attached hydrogen (secondary N) is 1. The van der Waals surface area contributed by atoms with Gasteiger partial charge in [-0.2, -0.15) is 13.5 Å². The Hall–Kier alpha value is -1.36. The van der Waals surface area contributed by atoms with Gasteiger partial charge in [0, 0.05) is 5.71 Å². The summed E-state index contributed by atoms with van der Waals surface area (Å²) >= 11 is 0. The van der Waals surface area contributed by atoms with Gasteiger partial charge in [-0.3, -0.25) is 0 Å². The summed E-state index contributed by atoms with van der Waals surface area (Å²) in [6.45, 7) is 2.09. The molecule has 4 nitrogen and oxygen atoms in total. The normalized spacial score (nSPS) is 22.9. The van der Waals surface area contributed by atoms with Gasteiger partial charge in [0.2, 0.25) is 0 Å². The predicted molar refractivity (Wildman–Crippen MR) is 71.8 cm³/mol. The molecule has 98 valence electrons. The zero-order valence-electron chi connectivity index (χ0n) is 10.5. The molecule has 1 N–H and O–H groups in total. The van der Waals surface area contributed by atoms with Crippen LogP contribution in [0.5, 0.6) is 0 Å². The van der Waals surface area contributed by atoms with Crippen LogP contribution in [-0.4, -0.2) is 14.1 Å². The van der Waals surface area contributed by atoms with Crippen LogP contribution in [0, 0.1) is 5.92 Å². The van der Waals surface area contributed by atoms with E-state index in [-0.39, 0.29) is 4.90 Å². The highest BCUT2D eigenvalue weighted by Gasteiger charge is 2.18. The molecule has 1 fully saturated rings. The SMILES string of the molecule is CC1CCCC/C1=N\NS(=O)(=O)c1ccccc1. The second kappa shape index (κ2) is 5.52. The van der Waals surface area contributed by atoms with E-state index >= 15 is 0 Å². The molecule has 2 rings (SSSR count). The maximum absolute atomic E-state index is 12.0. The van der Waals surface area contributed by atoms with Crippen molar-refractivity contribution in [2.24, 2.45) is 11.0 Å². The molecule has 0 amide bonds. The first-order valence-electron chi connectivity index (χ1n) is 6.23. The van der Waals surface area contributed by atoms with E-state index in [9.17, 15) is 8.42 Å². The largest absolute Gasteiger partial charge is 0.276 e. The number of benzene rings is 1. The van der Waals surface area contributed by atoms with Gasteiger partial charge < -0.3 is 0 Å². The molecule has 1 aromatic carbocycles. The lowest BCUT2D eigenvalue weighted by Crippen LogP contribution is -2.24. The Morgan fingerprint density at radius 3 is 2.61 bits per heavy atom. The van der Waals surface area contributed by atoms with Crippen molar-refractivity contribution in [2.45, 2.75) is 37.5 Å². The average Bonchev–Trinajstić information content (AvgIpc) is 2.39. The maximum atomic E-state index is 12.0. The van der Waals surface area contributed by atoms with Gasteiger partial charge in [0.1, 0.15) is 0 Å². The van der Waals surface area contributed by atoms with Gasteiger partial charge in [-0.05, 0) is 37.3 Å². The van der Waals surface area contributed by atoms with E-state index in [0.717, 1.165) is 25.0 Å². The monoisotopic (exact) mass is 266 g/mol. The second-order valence-electron chi connectivity index (χ2n) is 4.66. The van der Waals surface area contributed by atoms with Crippen molar-refractivity contribution in [3.05, 3.63) is 30.3 Å². The van der Waals surface area contributed by atoms with E-state index in [0.29, 0.717) is 5.92 Å². The Bertz CT molecular complexity index is 523. The minimum Gasteiger partial charge on any atom is -0.200 e. The van der Waals surface area contributed by atoms with Crippen LogP contribution in [0.25, 0.3) is 0 Å². The van der Waals surface area contributed by atoms with Crippen LogP contribution in [0.3, 0.4) is 0 Å². The quantitative estimate of drug-likeness (QED) is 0.855. The van der Waals surface area contributed by atoms with Gasteiger partial charge in [-0.1, -0.05) is 31.5 Å². The Balaban J connectivity index is 2.12. The first-order valence-corrected chi connectivity index (χ1v) is 7.71. The molecule has 0 saturated heterocycles. The molecule has 0 heterocycles. The molecule has 1 aliphatic rings. The molecule has 1 aromatic rings. The van der Waals surface area contributed by atoms with Gasteiger partial charge >= 0.3 is 0 Å². The van der Waals surface area contributed by atoms with E-state index in [2.05, 4.69) is 16.9 Å². The van der Waals surface area contributed by atoms with Crippen molar-refractivity contribution >= 4 is 15.7 Å². The summed E-state index contributed by atoms with van der Waals surface area (Å²) in [6.07, 6.45) is 4.27. The fourth-order valence-corrected chi connectivity index (χ4v) is 2.97. The lowest BCUT2D eigenvalue weighted by atomic mass is 9.89. The summed E-state index contributed by atoms with van der Waals surface area (Å²) in [7, 11) is -3.52. The van der Waals surface area contributed by atoms with Gasteiger partial charge in [-0.15, -0.1) is 0 Å². The molecule has 1 unspecified atom stereocenters. The van der Waals surface area contributed by atoms with Crippen LogP contribution in [0.1, 0.15) is 32.6 Å². The maximum Gasteiger partial charge on any atom is 0.276 e. The van der Waals surface area contributed by atoms with Gasteiger partial charge in [-0.25, -0.2) is 4.83 Å². The summed E-state index contributed by atoms with van der Waals surface area (Å²) < 4.78 is 23.9. The average molecular weight is 266 g/mol. The highest BCUT2D eigenvalue weighted by atomic mass is 32.2. The van der Waals surface area contributed by atoms with Crippen molar-refractivity contribution in [1.29, 1.82) is 0 Å². The number of nitrogens with zero attached hydrogens (tertiary/aromatic N) is 1. The van der Waals surface area contributed by atoms with E-state index in [1.54, 1.807) is 30.3 Å². The third kappa shape index (κ3) is 3.10. The molecule has 0 aliphatic heterocycles. The molecule has 0 aromatic heterocycles. The lowest BCUT2D eigenvalue weighted by Gasteiger charge is -2.19. The molecule has 1 aliphatic carbocycles. The first kappa shape index (κ1) is 13.1. The first-order chi connectivity index (χ1) is 8.59. The van der Waals surface area contributed by atoms with Crippen LogP contribution in [0.2, 0.25) is 0 Å². The third-order valence-corrected chi connectivity index (χ3v) is 4.48. The molecule has 0 spiro atoms. The topological polar surface area (TPSA) is 58.5 Å². The zero-order valence-corrected chi connectivity index (χ0v) is 11.3. The fourth-order valence-electron chi connectivity index (χ4n) is 2.11. The third-order valence-electron chi connectivity index (χ3n) is 3.25.